The highest BCUT2D eigenvalue weighted by Crippen LogP contribution is 2.58. The van der Waals surface area contributed by atoms with Gasteiger partial charge in [-0.15, -0.1) is 0 Å². The van der Waals surface area contributed by atoms with Gasteiger partial charge in [-0.1, -0.05) is 19.9 Å². The smallest absolute Gasteiger partial charge is 0.269 e. The lowest BCUT2D eigenvalue weighted by Gasteiger charge is -2.39. The van der Waals surface area contributed by atoms with Gasteiger partial charge < -0.3 is 14.2 Å². The van der Waals surface area contributed by atoms with Gasteiger partial charge in [-0.2, -0.15) is 0 Å². The molecule has 2 bridgehead atoms. The van der Waals surface area contributed by atoms with Crippen LogP contribution in [-0.4, -0.2) is 21.6 Å². The van der Waals surface area contributed by atoms with Gasteiger partial charge >= 0.3 is 0 Å². The molecule has 2 saturated heterocycles. The number of nitro groups is 2. The van der Waals surface area contributed by atoms with E-state index >= 15 is 0 Å². The second-order valence-electron chi connectivity index (χ2n) is 11.2. The van der Waals surface area contributed by atoms with Crippen molar-refractivity contribution in [3.63, 3.8) is 0 Å². The van der Waals surface area contributed by atoms with Crippen molar-refractivity contribution < 1.29 is 24.1 Å². The third-order valence-corrected chi connectivity index (χ3v) is 8.34. The first-order valence-corrected chi connectivity index (χ1v) is 13.1. The van der Waals surface area contributed by atoms with Gasteiger partial charge in [0.25, 0.3) is 11.4 Å². The van der Waals surface area contributed by atoms with Crippen LogP contribution in [0.5, 0.6) is 11.5 Å². The zero-order chi connectivity index (χ0) is 27.8. The Kier molecular flexibility index (Phi) is 7.03. The topological polar surface area (TPSA) is 114 Å². The number of rotatable bonds is 10. The van der Waals surface area contributed by atoms with Crippen LogP contribution >= 0.6 is 0 Å². The van der Waals surface area contributed by atoms with Crippen molar-refractivity contribution in [3.05, 3.63) is 104 Å². The molecule has 0 saturated carbocycles. The molecule has 9 nitrogen and oxygen atoms in total. The van der Waals surface area contributed by atoms with E-state index in [0.29, 0.717) is 17.4 Å². The summed E-state index contributed by atoms with van der Waals surface area (Å²) in [6, 6.07) is 18.4. The zero-order valence-corrected chi connectivity index (χ0v) is 22.3. The summed E-state index contributed by atoms with van der Waals surface area (Å²) in [4.78, 5) is 21.1. The maximum atomic E-state index is 11.0. The third kappa shape index (κ3) is 5.45. The molecule has 0 spiro atoms. The van der Waals surface area contributed by atoms with E-state index in [4.69, 9.17) is 14.2 Å². The number of nitro benzene ring substituents is 2. The van der Waals surface area contributed by atoms with Gasteiger partial charge in [0.05, 0.1) is 21.6 Å². The van der Waals surface area contributed by atoms with E-state index in [1.807, 2.05) is 18.2 Å². The van der Waals surface area contributed by atoms with Crippen LogP contribution in [0.15, 0.2) is 66.7 Å². The van der Waals surface area contributed by atoms with Crippen LogP contribution in [0.2, 0.25) is 0 Å². The predicted octanol–water partition coefficient (Wildman–Crippen LogP) is 6.80. The Morgan fingerprint density at radius 3 is 1.92 bits per heavy atom. The fourth-order valence-corrected chi connectivity index (χ4v) is 6.03. The highest BCUT2D eigenvalue weighted by molar-refractivity contribution is 5.42. The van der Waals surface area contributed by atoms with Gasteiger partial charge in [-0.05, 0) is 84.5 Å². The van der Waals surface area contributed by atoms with Gasteiger partial charge in [0.1, 0.15) is 24.7 Å². The first-order valence-electron chi connectivity index (χ1n) is 13.1. The maximum absolute atomic E-state index is 11.0. The molecule has 2 fully saturated rings. The molecule has 39 heavy (non-hydrogen) atoms. The van der Waals surface area contributed by atoms with Gasteiger partial charge in [0.2, 0.25) is 0 Å². The van der Waals surface area contributed by atoms with Gasteiger partial charge in [-0.3, -0.25) is 20.2 Å². The summed E-state index contributed by atoms with van der Waals surface area (Å²) in [5.74, 6) is 1.62. The fourth-order valence-electron chi connectivity index (χ4n) is 6.03. The van der Waals surface area contributed by atoms with Crippen molar-refractivity contribution in [2.45, 2.75) is 65.0 Å². The summed E-state index contributed by atoms with van der Waals surface area (Å²) in [6.45, 7) is 7.28. The Hall–Kier alpha value is -3.98. The minimum absolute atomic E-state index is 0.0336. The molecule has 2 heterocycles. The first kappa shape index (κ1) is 26.6. The summed E-state index contributed by atoms with van der Waals surface area (Å²) in [6.07, 6.45) is 3.17. The molecular weight excluding hydrogens is 500 g/mol. The third-order valence-electron chi connectivity index (χ3n) is 8.34. The molecule has 2 aliphatic heterocycles. The molecule has 0 N–H and O–H groups in total. The lowest BCUT2D eigenvalue weighted by atomic mass is 9.62. The molecule has 0 aromatic heterocycles. The Bertz CT molecular complexity index is 1370. The minimum Gasteiger partial charge on any atom is -0.489 e. The molecule has 204 valence electrons. The number of hydrogen-bond acceptors (Lipinski definition) is 7. The molecule has 9 heteroatoms. The summed E-state index contributed by atoms with van der Waals surface area (Å²) >= 11 is 0. The van der Waals surface area contributed by atoms with Crippen LogP contribution in [-0.2, 0) is 24.4 Å². The number of fused-ring (bicyclic) bond motifs is 2. The Morgan fingerprint density at radius 2 is 1.41 bits per heavy atom. The van der Waals surface area contributed by atoms with Crippen LogP contribution in [0, 0.1) is 31.6 Å². The van der Waals surface area contributed by atoms with Crippen LogP contribution < -0.4 is 9.47 Å². The van der Waals surface area contributed by atoms with E-state index in [0.717, 1.165) is 36.0 Å². The average Bonchev–Trinajstić information content (AvgIpc) is 3.40. The Morgan fingerprint density at radius 1 is 0.846 bits per heavy atom. The van der Waals surface area contributed by atoms with Crippen molar-refractivity contribution in [2.75, 3.05) is 0 Å². The molecular formula is C30H32N2O7. The second-order valence-corrected chi connectivity index (χ2v) is 11.2. The minimum atomic E-state index is -0.430. The quantitative estimate of drug-likeness (QED) is 0.208. The molecule has 3 atom stereocenters. The van der Waals surface area contributed by atoms with Gasteiger partial charge in [0.15, 0.2) is 0 Å². The summed E-state index contributed by atoms with van der Waals surface area (Å²) in [5, 5.41) is 21.9. The van der Waals surface area contributed by atoms with E-state index in [9.17, 15) is 20.2 Å². The first-order chi connectivity index (χ1) is 18.5. The van der Waals surface area contributed by atoms with Crippen molar-refractivity contribution in [2.24, 2.45) is 11.3 Å². The average molecular weight is 533 g/mol. The molecule has 0 aliphatic carbocycles. The number of non-ortho nitro benzene ring substituents is 2. The molecule has 3 aromatic carbocycles. The second kappa shape index (κ2) is 10.3. The number of nitrogens with zero attached hydrogens (tertiary/aromatic N) is 2. The van der Waals surface area contributed by atoms with Crippen LogP contribution in [0.25, 0.3) is 0 Å². The summed E-state index contributed by atoms with van der Waals surface area (Å²) in [5.41, 5.74) is 2.61. The van der Waals surface area contributed by atoms with Crippen molar-refractivity contribution in [3.8, 4) is 11.5 Å². The molecule has 2 aliphatic rings. The molecule has 5 rings (SSSR count). The zero-order valence-electron chi connectivity index (χ0n) is 22.3. The monoisotopic (exact) mass is 532 g/mol. The van der Waals surface area contributed by atoms with E-state index in [2.05, 4.69) is 20.8 Å². The SMILES string of the molecule is CC1(C)[C@@H](Cc2ccc(OCc3ccc([N+](=O)[O-])cc3)cc2OCc2ccc([N+](=O)[O-])cc2)[C@]2(C)CC[C@H]1O2. The van der Waals surface area contributed by atoms with Gasteiger partial charge in [-0.25, -0.2) is 0 Å². The highest BCUT2D eigenvalue weighted by Gasteiger charge is 2.60. The van der Waals surface area contributed by atoms with Crippen LogP contribution in [0.3, 0.4) is 0 Å². The standard InChI is InChI=1S/C30H32N2O7/c1-29(2)27(30(3)15-14-28(29)39-30)16-22-8-13-25(37-18-20-4-9-23(10-5-20)31(33)34)17-26(22)38-19-21-6-11-24(12-7-21)32(35)36/h4-13,17,27-28H,14-16,18-19H2,1-3H3/t27-,28-,30+/m1/s1. The van der Waals surface area contributed by atoms with E-state index in [1.165, 1.54) is 24.3 Å². The Labute approximate surface area is 227 Å². The number of benzene rings is 3. The lowest BCUT2D eigenvalue weighted by Crippen LogP contribution is -2.41. The van der Waals surface area contributed by atoms with Gasteiger partial charge in [0, 0.05) is 30.3 Å². The summed E-state index contributed by atoms with van der Waals surface area (Å²) < 4.78 is 18.7. The van der Waals surface area contributed by atoms with E-state index in [1.54, 1.807) is 24.3 Å². The normalized spacial score (nSPS) is 22.9. The lowest BCUT2D eigenvalue weighted by molar-refractivity contribution is -0.385. The molecule has 0 unspecified atom stereocenters. The fraction of sp³-hybridized carbons (Fsp3) is 0.400. The molecule has 0 radical (unpaired) electrons. The number of hydrogen-bond donors (Lipinski definition) is 0. The Balaban J connectivity index is 1.36. The van der Waals surface area contributed by atoms with Crippen molar-refractivity contribution >= 4 is 11.4 Å². The highest BCUT2D eigenvalue weighted by atomic mass is 16.6. The van der Waals surface area contributed by atoms with Crippen LogP contribution in [0.1, 0.15) is 50.3 Å². The maximum Gasteiger partial charge on any atom is 0.269 e. The molecule has 0 amide bonds. The van der Waals surface area contributed by atoms with Crippen molar-refractivity contribution in [1.29, 1.82) is 0 Å². The summed E-state index contributed by atoms with van der Waals surface area (Å²) in [7, 11) is 0. The van der Waals surface area contributed by atoms with Crippen molar-refractivity contribution in [1.82, 2.24) is 0 Å². The van der Waals surface area contributed by atoms with E-state index in [-0.39, 0.29) is 41.7 Å². The van der Waals surface area contributed by atoms with Crippen LogP contribution in [0.4, 0.5) is 11.4 Å². The predicted molar refractivity (Wildman–Crippen MR) is 145 cm³/mol. The molecule has 3 aromatic rings. The van der Waals surface area contributed by atoms with E-state index < -0.39 is 9.85 Å². The number of ether oxygens (including phenoxy) is 3. The largest absolute Gasteiger partial charge is 0.489 e.